The molecule has 0 radical (unpaired) electrons. The number of guanidine groups is 1. The largest absolute Gasteiger partial charge is 0.467 e. The highest BCUT2D eigenvalue weighted by Crippen LogP contribution is 2.27. The first kappa shape index (κ1) is 15.7. The number of fused-ring (bicyclic) bond motifs is 1. The van der Waals surface area contributed by atoms with E-state index in [0.29, 0.717) is 17.5 Å². The lowest BCUT2D eigenvalue weighted by molar-refractivity contribution is -0.122. The van der Waals surface area contributed by atoms with Gasteiger partial charge in [0, 0.05) is 10.7 Å². The number of allylic oxidation sites excluding steroid dienone is 2. The van der Waals surface area contributed by atoms with Crippen LogP contribution in [-0.2, 0) is 11.3 Å². The molecule has 1 N–H and O–H groups in total. The molecule has 1 aromatic heterocycles. The Morgan fingerprint density at radius 3 is 2.72 bits per heavy atom. The maximum absolute atomic E-state index is 12.4. The summed E-state index contributed by atoms with van der Waals surface area (Å²) in [4.78, 5) is 18.8. The molecule has 2 aliphatic rings. The molecule has 25 heavy (non-hydrogen) atoms. The molecule has 1 aliphatic heterocycles. The van der Waals surface area contributed by atoms with Crippen LogP contribution >= 0.6 is 11.6 Å². The van der Waals surface area contributed by atoms with E-state index in [1.165, 1.54) is 0 Å². The summed E-state index contributed by atoms with van der Waals surface area (Å²) < 4.78 is 5.49. The number of amides is 1. The predicted molar refractivity (Wildman–Crippen MR) is 97.3 cm³/mol. The molecule has 4 rings (SSSR count). The Kier molecular flexibility index (Phi) is 4.15. The quantitative estimate of drug-likeness (QED) is 0.910. The molecule has 1 amide bonds. The molecule has 2 aromatic rings. The van der Waals surface area contributed by atoms with Gasteiger partial charge >= 0.3 is 0 Å². The number of anilines is 1. The van der Waals surface area contributed by atoms with Crippen molar-refractivity contribution in [2.45, 2.75) is 12.6 Å². The number of hydrogen-bond donors (Lipinski definition) is 1. The van der Waals surface area contributed by atoms with E-state index in [2.05, 4.69) is 10.3 Å². The monoisotopic (exact) mass is 353 g/mol. The fraction of sp³-hybridized carbons (Fsp3) is 0.158. The van der Waals surface area contributed by atoms with Gasteiger partial charge in [-0.15, -0.1) is 0 Å². The number of aliphatic imine (C=N–C) groups is 1. The summed E-state index contributed by atoms with van der Waals surface area (Å²) in [7, 11) is 0. The Bertz CT molecular complexity index is 853. The molecular formula is C19H16ClN3O2. The third kappa shape index (κ3) is 3.23. The number of carbonyl (C=O) groups is 1. The summed E-state index contributed by atoms with van der Waals surface area (Å²) in [6.07, 6.45) is 9.39. The number of benzene rings is 1. The fourth-order valence-corrected chi connectivity index (χ4v) is 3.14. The van der Waals surface area contributed by atoms with Crippen molar-refractivity contribution in [1.82, 2.24) is 4.90 Å². The number of carbonyl (C=O) groups excluding carboxylic acids is 1. The minimum Gasteiger partial charge on any atom is -0.467 e. The molecule has 0 fully saturated rings. The second kappa shape index (κ2) is 6.61. The lowest BCUT2D eigenvalue weighted by Crippen LogP contribution is -2.51. The van der Waals surface area contributed by atoms with Crippen molar-refractivity contribution >= 4 is 29.2 Å². The average molecular weight is 354 g/mol. The Morgan fingerprint density at radius 2 is 1.96 bits per heavy atom. The summed E-state index contributed by atoms with van der Waals surface area (Å²) in [5.41, 5.74) is 0.814. The van der Waals surface area contributed by atoms with Crippen LogP contribution in [0.3, 0.4) is 0 Å². The van der Waals surface area contributed by atoms with Gasteiger partial charge in [0.05, 0.1) is 24.8 Å². The minimum atomic E-state index is -0.282. The van der Waals surface area contributed by atoms with Crippen LogP contribution in [0.5, 0.6) is 0 Å². The van der Waals surface area contributed by atoms with E-state index in [4.69, 9.17) is 16.0 Å². The zero-order chi connectivity index (χ0) is 17.2. The van der Waals surface area contributed by atoms with Crippen molar-refractivity contribution < 1.29 is 9.21 Å². The van der Waals surface area contributed by atoms with Crippen LogP contribution in [-0.4, -0.2) is 22.8 Å². The van der Waals surface area contributed by atoms with E-state index in [1.807, 2.05) is 53.5 Å². The molecule has 126 valence electrons. The third-order valence-corrected chi connectivity index (χ3v) is 4.50. The van der Waals surface area contributed by atoms with Crippen molar-refractivity contribution in [3.05, 3.63) is 77.7 Å². The summed E-state index contributed by atoms with van der Waals surface area (Å²) >= 11 is 5.94. The molecule has 0 saturated heterocycles. The molecule has 2 atom stereocenters. The molecule has 0 spiro atoms. The van der Waals surface area contributed by atoms with Gasteiger partial charge in [-0.2, -0.15) is 4.99 Å². The standard InChI is InChI=1S/C19H16ClN3O2/c20-13-7-9-14(10-8-13)21-19-22-18(24)16-5-1-2-6-17(16)23(19)12-15-4-3-11-25-15/h1-11,16-17H,12H2,(H,21,22,24). The van der Waals surface area contributed by atoms with Gasteiger partial charge in [-0.1, -0.05) is 35.9 Å². The molecule has 2 heterocycles. The maximum Gasteiger partial charge on any atom is 0.258 e. The first-order chi connectivity index (χ1) is 12.2. The smallest absolute Gasteiger partial charge is 0.258 e. The zero-order valence-corrected chi connectivity index (χ0v) is 14.1. The zero-order valence-electron chi connectivity index (χ0n) is 13.3. The van der Waals surface area contributed by atoms with Crippen LogP contribution in [0.25, 0.3) is 0 Å². The van der Waals surface area contributed by atoms with E-state index in [0.717, 1.165) is 11.4 Å². The van der Waals surface area contributed by atoms with E-state index >= 15 is 0 Å². The van der Waals surface area contributed by atoms with Gasteiger partial charge in [0.25, 0.3) is 5.91 Å². The summed E-state index contributed by atoms with van der Waals surface area (Å²) in [5.74, 6) is 0.875. The fourth-order valence-electron chi connectivity index (χ4n) is 3.02. The molecule has 0 bridgehead atoms. The number of nitrogens with one attached hydrogen (secondary N) is 1. The van der Waals surface area contributed by atoms with Gasteiger partial charge in [-0.25, -0.2) is 0 Å². The number of furan rings is 1. The molecule has 2 unspecified atom stereocenters. The van der Waals surface area contributed by atoms with E-state index in [-0.39, 0.29) is 17.9 Å². The van der Waals surface area contributed by atoms with Crippen LogP contribution in [0.1, 0.15) is 5.76 Å². The Balaban J connectivity index is 1.67. The van der Waals surface area contributed by atoms with Crippen LogP contribution in [0.4, 0.5) is 5.69 Å². The van der Waals surface area contributed by atoms with Crippen LogP contribution in [0.2, 0.25) is 5.02 Å². The average Bonchev–Trinajstić information content (AvgIpc) is 3.13. The summed E-state index contributed by atoms with van der Waals surface area (Å²) in [6, 6.07) is 10.9. The molecule has 6 heteroatoms. The van der Waals surface area contributed by atoms with Gasteiger partial charge < -0.3 is 14.6 Å². The van der Waals surface area contributed by atoms with Crippen molar-refractivity contribution in [2.24, 2.45) is 10.9 Å². The second-order valence-corrected chi connectivity index (χ2v) is 6.34. The lowest BCUT2D eigenvalue weighted by atomic mass is 9.91. The highest BCUT2D eigenvalue weighted by molar-refractivity contribution is 6.30. The number of hydrogen-bond acceptors (Lipinski definition) is 4. The molecule has 0 saturated carbocycles. The highest BCUT2D eigenvalue weighted by Gasteiger charge is 2.37. The van der Waals surface area contributed by atoms with Crippen LogP contribution in [0, 0.1) is 5.92 Å². The summed E-state index contributed by atoms with van der Waals surface area (Å²) in [6.45, 7) is 0.513. The minimum absolute atomic E-state index is 0.102. The van der Waals surface area contributed by atoms with Crippen molar-refractivity contribution in [2.75, 3.05) is 5.32 Å². The van der Waals surface area contributed by atoms with E-state index < -0.39 is 0 Å². The summed E-state index contributed by atoms with van der Waals surface area (Å²) in [5, 5.41) is 3.88. The van der Waals surface area contributed by atoms with Gasteiger partial charge in [0.1, 0.15) is 5.76 Å². The van der Waals surface area contributed by atoms with Crippen molar-refractivity contribution in [3.8, 4) is 0 Å². The van der Waals surface area contributed by atoms with E-state index in [9.17, 15) is 4.79 Å². The van der Waals surface area contributed by atoms with E-state index in [1.54, 1.807) is 18.4 Å². The number of nitrogens with zero attached hydrogens (tertiary/aromatic N) is 2. The Labute approximate surface area is 150 Å². The molecule has 1 aromatic carbocycles. The van der Waals surface area contributed by atoms with Crippen LogP contribution < -0.4 is 5.32 Å². The lowest BCUT2D eigenvalue weighted by Gasteiger charge is -2.39. The third-order valence-electron chi connectivity index (χ3n) is 4.25. The molecule has 5 nitrogen and oxygen atoms in total. The second-order valence-electron chi connectivity index (χ2n) is 5.90. The first-order valence-corrected chi connectivity index (χ1v) is 8.38. The predicted octanol–water partition coefficient (Wildman–Crippen LogP) is 3.85. The normalized spacial score (nSPS) is 21.9. The van der Waals surface area contributed by atoms with Gasteiger partial charge in [-0.3, -0.25) is 4.79 Å². The number of rotatable bonds is 3. The van der Waals surface area contributed by atoms with Gasteiger partial charge in [0.2, 0.25) is 5.96 Å². The molecule has 1 aliphatic carbocycles. The highest BCUT2D eigenvalue weighted by atomic mass is 35.5. The first-order valence-electron chi connectivity index (χ1n) is 8.00. The Hall–Kier alpha value is -2.79. The SMILES string of the molecule is O=C1N=C(Nc2ccc(Cl)cc2)N(Cc2ccco2)C2C=CC=CC12. The van der Waals surface area contributed by atoms with Crippen LogP contribution in [0.15, 0.2) is 76.4 Å². The number of halogens is 1. The molecular weight excluding hydrogens is 338 g/mol. The Morgan fingerprint density at radius 1 is 1.16 bits per heavy atom. The van der Waals surface area contributed by atoms with Gasteiger partial charge in [0.15, 0.2) is 0 Å². The van der Waals surface area contributed by atoms with Crippen molar-refractivity contribution in [3.63, 3.8) is 0 Å². The van der Waals surface area contributed by atoms with Gasteiger partial charge in [-0.05, 0) is 36.4 Å². The maximum atomic E-state index is 12.4. The van der Waals surface area contributed by atoms with Crippen molar-refractivity contribution in [1.29, 1.82) is 0 Å². The topological polar surface area (TPSA) is 57.8 Å².